The van der Waals surface area contributed by atoms with Gasteiger partial charge < -0.3 is 30.3 Å². The van der Waals surface area contributed by atoms with E-state index >= 15 is 0 Å². The highest BCUT2D eigenvalue weighted by molar-refractivity contribution is 5.87. The fourth-order valence-electron chi connectivity index (χ4n) is 1.61. The van der Waals surface area contributed by atoms with Crippen molar-refractivity contribution in [3.63, 3.8) is 0 Å². The van der Waals surface area contributed by atoms with E-state index < -0.39 is 43.6 Å². The summed E-state index contributed by atoms with van der Waals surface area (Å²) in [5.74, 6) is -0.729. The maximum atomic E-state index is 11.4. The van der Waals surface area contributed by atoms with E-state index in [1.165, 1.54) is 6.08 Å². The Bertz CT molecular complexity index is 474. The van der Waals surface area contributed by atoms with Crippen molar-refractivity contribution >= 4 is 12.0 Å². The number of esters is 1. The molecule has 22 heavy (non-hydrogen) atoms. The molecule has 0 aliphatic carbocycles. The third-order valence-corrected chi connectivity index (χ3v) is 2.93. The van der Waals surface area contributed by atoms with Crippen LogP contribution < -0.4 is 0 Å². The van der Waals surface area contributed by atoms with Crippen molar-refractivity contribution in [2.75, 3.05) is 13.2 Å². The van der Waals surface area contributed by atoms with Crippen molar-refractivity contribution in [1.82, 2.24) is 0 Å². The Morgan fingerprint density at radius 3 is 2.23 bits per heavy atom. The molecule has 0 unspecified atom stereocenters. The number of hydrogen-bond donors (Lipinski definition) is 5. The van der Waals surface area contributed by atoms with E-state index in [4.69, 9.17) is 14.9 Å². The minimum absolute atomic E-state index is 0.561. The Labute approximate surface area is 127 Å². The highest BCUT2D eigenvalue weighted by Crippen LogP contribution is 2.06. The Kier molecular flexibility index (Phi) is 7.72. The van der Waals surface area contributed by atoms with E-state index in [1.807, 2.05) is 6.07 Å². The number of aliphatic hydroxyl groups is 5. The Morgan fingerprint density at radius 1 is 1.05 bits per heavy atom. The van der Waals surface area contributed by atoms with Crippen molar-refractivity contribution < 1.29 is 35.1 Å². The summed E-state index contributed by atoms with van der Waals surface area (Å²) in [6.07, 6.45) is -4.02. The monoisotopic (exact) mass is 312 g/mol. The van der Waals surface area contributed by atoms with Crippen LogP contribution in [0.5, 0.6) is 0 Å². The first-order chi connectivity index (χ1) is 10.5. The van der Waals surface area contributed by atoms with Crippen LogP contribution >= 0.6 is 0 Å². The number of carbonyl (C=O) groups is 1. The number of rotatable bonds is 8. The molecule has 1 aromatic rings. The van der Waals surface area contributed by atoms with Crippen LogP contribution in [0, 0.1) is 0 Å². The van der Waals surface area contributed by atoms with E-state index in [0.29, 0.717) is 0 Å². The van der Waals surface area contributed by atoms with Crippen molar-refractivity contribution in [2.24, 2.45) is 0 Å². The van der Waals surface area contributed by atoms with Crippen LogP contribution in [0.1, 0.15) is 5.56 Å². The predicted molar refractivity (Wildman–Crippen MR) is 77.5 cm³/mol. The Morgan fingerprint density at radius 2 is 1.64 bits per heavy atom. The maximum Gasteiger partial charge on any atom is 0.330 e. The smallest absolute Gasteiger partial charge is 0.330 e. The first kappa shape index (κ1) is 18.3. The van der Waals surface area contributed by atoms with Gasteiger partial charge in [-0.3, -0.25) is 0 Å². The number of aliphatic hydroxyl groups excluding tert-OH is 5. The van der Waals surface area contributed by atoms with Crippen molar-refractivity contribution in [1.29, 1.82) is 0 Å². The first-order valence-corrected chi connectivity index (χ1v) is 6.68. The quantitative estimate of drug-likeness (QED) is 0.297. The molecule has 122 valence electrons. The van der Waals surface area contributed by atoms with Crippen LogP contribution in [-0.2, 0) is 9.53 Å². The number of carbonyl (C=O) groups excluding carboxylic acids is 1. The lowest BCUT2D eigenvalue weighted by molar-refractivity contribution is -0.151. The van der Waals surface area contributed by atoms with Gasteiger partial charge in [0.2, 0.25) is 0 Å². The molecule has 5 N–H and O–H groups in total. The molecule has 0 amide bonds. The predicted octanol–water partition coefficient (Wildman–Crippen LogP) is -1.32. The Hall–Kier alpha value is -1.77. The molecule has 0 saturated carbocycles. The van der Waals surface area contributed by atoms with Gasteiger partial charge in [-0.1, -0.05) is 30.3 Å². The number of benzene rings is 1. The van der Waals surface area contributed by atoms with Gasteiger partial charge in [-0.25, -0.2) is 4.79 Å². The van der Waals surface area contributed by atoms with Crippen molar-refractivity contribution in [3.05, 3.63) is 42.0 Å². The Balaban J connectivity index is 2.41. The fraction of sp³-hybridized carbons (Fsp3) is 0.400. The maximum absolute atomic E-state index is 11.4. The number of hydrogen-bond acceptors (Lipinski definition) is 7. The van der Waals surface area contributed by atoms with E-state index in [0.717, 1.165) is 11.6 Å². The standard InChI is InChI=1S/C15H20O7/c16-8-11(17)14(20)15(21)12(18)9-22-13(19)7-6-10-4-2-1-3-5-10/h1-7,11-12,14-18,20-21H,8-9H2/b7-6+/t11-,12+,14-,15+/m0/s1. The summed E-state index contributed by atoms with van der Waals surface area (Å²) in [5.41, 5.74) is 0.793. The lowest BCUT2D eigenvalue weighted by Gasteiger charge is -2.25. The van der Waals surface area contributed by atoms with Gasteiger partial charge in [0.15, 0.2) is 0 Å². The van der Waals surface area contributed by atoms with E-state index in [1.54, 1.807) is 24.3 Å². The van der Waals surface area contributed by atoms with Crippen molar-refractivity contribution in [2.45, 2.75) is 24.4 Å². The molecule has 0 aliphatic rings. The van der Waals surface area contributed by atoms with E-state index in [9.17, 15) is 20.1 Å². The average Bonchev–Trinajstić information content (AvgIpc) is 2.56. The second-order valence-electron chi connectivity index (χ2n) is 4.67. The zero-order valence-corrected chi connectivity index (χ0v) is 11.8. The summed E-state index contributed by atoms with van der Waals surface area (Å²) in [5, 5.41) is 46.3. The second-order valence-corrected chi connectivity index (χ2v) is 4.67. The van der Waals surface area contributed by atoms with Crippen molar-refractivity contribution in [3.8, 4) is 0 Å². The summed E-state index contributed by atoms with van der Waals surface area (Å²) in [4.78, 5) is 11.4. The summed E-state index contributed by atoms with van der Waals surface area (Å²) in [7, 11) is 0. The minimum atomic E-state index is -1.76. The van der Waals surface area contributed by atoms with Crippen LogP contribution in [0.3, 0.4) is 0 Å². The molecule has 0 fully saturated rings. The molecule has 0 saturated heterocycles. The molecule has 0 spiro atoms. The molecule has 1 rings (SSSR count). The van der Waals surface area contributed by atoms with Crippen LogP contribution in [0.4, 0.5) is 0 Å². The lowest BCUT2D eigenvalue weighted by Crippen LogP contribution is -2.47. The molecule has 0 aliphatic heterocycles. The zero-order chi connectivity index (χ0) is 16.5. The molecule has 0 aromatic heterocycles. The largest absolute Gasteiger partial charge is 0.460 e. The number of ether oxygens (including phenoxy) is 1. The van der Waals surface area contributed by atoms with Gasteiger partial charge >= 0.3 is 5.97 Å². The summed E-state index contributed by atoms with van der Waals surface area (Å²) >= 11 is 0. The minimum Gasteiger partial charge on any atom is -0.460 e. The molecular weight excluding hydrogens is 292 g/mol. The van der Waals surface area contributed by atoms with Gasteiger partial charge in [-0.15, -0.1) is 0 Å². The van der Waals surface area contributed by atoms with Gasteiger partial charge in [-0.05, 0) is 11.6 Å². The van der Waals surface area contributed by atoms with Gasteiger partial charge in [0.05, 0.1) is 6.61 Å². The van der Waals surface area contributed by atoms with Crippen LogP contribution in [0.15, 0.2) is 36.4 Å². The molecule has 1 aromatic carbocycles. The second kappa shape index (κ2) is 9.29. The normalized spacial score (nSPS) is 17.0. The third-order valence-electron chi connectivity index (χ3n) is 2.93. The van der Waals surface area contributed by atoms with E-state index in [-0.39, 0.29) is 0 Å². The van der Waals surface area contributed by atoms with Gasteiger partial charge in [-0.2, -0.15) is 0 Å². The van der Waals surface area contributed by atoms with Gasteiger partial charge in [0, 0.05) is 6.08 Å². The van der Waals surface area contributed by atoms with E-state index in [2.05, 4.69) is 0 Å². The molecule has 7 heteroatoms. The molecule has 0 heterocycles. The first-order valence-electron chi connectivity index (χ1n) is 6.68. The van der Waals surface area contributed by atoms with Gasteiger partial charge in [0.1, 0.15) is 31.0 Å². The highest BCUT2D eigenvalue weighted by Gasteiger charge is 2.30. The molecule has 4 atom stereocenters. The molecule has 0 bridgehead atoms. The summed E-state index contributed by atoms with van der Waals surface area (Å²) < 4.78 is 4.72. The molecule has 0 radical (unpaired) electrons. The van der Waals surface area contributed by atoms with Crippen LogP contribution in [0.25, 0.3) is 6.08 Å². The van der Waals surface area contributed by atoms with Crippen LogP contribution in [-0.4, -0.2) is 69.1 Å². The topological polar surface area (TPSA) is 127 Å². The summed E-state index contributed by atoms with van der Waals surface area (Å²) in [6.45, 7) is -1.33. The average molecular weight is 312 g/mol. The van der Waals surface area contributed by atoms with Gasteiger partial charge in [0.25, 0.3) is 0 Å². The molecular formula is C15H20O7. The third kappa shape index (κ3) is 5.92. The lowest BCUT2D eigenvalue weighted by atomic mass is 10.0. The fourth-order valence-corrected chi connectivity index (χ4v) is 1.61. The summed E-state index contributed by atoms with van der Waals surface area (Å²) in [6, 6.07) is 9.02. The zero-order valence-electron chi connectivity index (χ0n) is 11.8. The highest BCUT2D eigenvalue weighted by atomic mass is 16.5. The molecule has 7 nitrogen and oxygen atoms in total. The van der Waals surface area contributed by atoms with Crippen LogP contribution in [0.2, 0.25) is 0 Å². The SMILES string of the molecule is O=C(/C=C/c1ccccc1)OC[C@@H](O)[C@@H](O)[C@@H](O)[C@@H](O)CO.